The van der Waals surface area contributed by atoms with Gasteiger partial charge in [0.1, 0.15) is 4.88 Å². The maximum Gasteiger partial charge on any atom is 0.265 e. The molecule has 0 radical (unpaired) electrons. The third kappa shape index (κ3) is 3.16. The van der Waals surface area contributed by atoms with Crippen molar-refractivity contribution in [1.82, 2.24) is 9.88 Å². The van der Waals surface area contributed by atoms with Crippen LogP contribution < -0.4 is 0 Å². The van der Waals surface area contributed by atoms with E-state index in [4.69, 9.17) is 9.15 Å². The van der Waals surface area contributed by atoms with Gasteiger partial charge in [-0.25, -0.2) is 4.98 Å². The van der Waals surface area contributed by atoms with Gasteiger partial charge in [0, 0.05) is 13.1 Å². The first-order valence-corrected chi connectivity index (χ1v) is 8.00. The number of hydrogen-bond donors (Lipinski definition) is 0. The van der Waals surface area contributed by atoms with Crippen LogP contribution >= 0.6 is 11.3 Å². The second-order valence-corrected chi connectivity index (χ2v) is 6.07. The Morgan fingerprint density at radius 3 is 3.24 bits per heavy atom. The summed E-state index contributed by atoms with van der Waals surface area (Å²) < 4.78 is 11.0. The number of nitrogens with zero attached hydrogens (tertiary/aromatic N) is 2. The van der Waals surface area contributed by atoms with E-state index >= 15 is 0 Å². The van der Waals surface area contributed by atoms with Crippen molar-refractivity contribution < 1.29 is 13.9 Å². The summed E-state index contributed by atoms with van der Waals surface area (Å²) in [6, 6.07) is 3.66. The van der Waals surface area contributed by atoms with Crippen LogP contribution in [-0.4, -0.2) is 41.6 Å². The SMILES string of the molecule is CCCC1CN(C(=O)c2cnc(-c3ccco3)s2)CCO1. The monoisotopic (exact) mass is 306 g/mol. The maximum atomic E-state index is 12.5. The molecule has 0 aliphatic carbocycles. The molecule has 5 nitrogen and oxygen atoms in total. The van der Waals surface area contributed by atoms with Gasteiger partial charge in [0.2, 0.25) is 0 Å². The fraction of sp³-hybridized carbons (Fsp3) is 0.467. The van der Waals surface area contributed by atoms with E-state index in [1.165, 1.54) is 11.3 Å². The van der Waals surface area contributed by atoms with E-state index in [0.717, 1.165) is 17.8 Å². The number of carbonyl (C=O) groups is 1. The second-order valence-electron chi connectivity index (χ2n) is 5.04. The lowest BCUT2D eigenvalue weighted by atomic mass is 10.1. The van der Waals surface area contributed by atoms with E-state index in [1.807, 2.05) is 17.0 Å². The molecule has 1 amide bonds. The average molecular weight is 306 g/mol. The van der Waals surface area contributed by atoms with E-state index in [9.17, 15) is 4.79 Å². The van der Waals surface area contributed by atoms with Crippen molar-refractivity contribution in [2.45, 2.75) is 25.9 Å². The molecule has 3 rings (SSSR count). The molecule has 21 heavy (non-hydrogen) atoms. The largest absolute Gasteiger partial charge is 0.462 e. The summed E-state index contributed by atoms with van der Waals surface area (Å²) in [5.41, 5.74) is 0. The molecule has 1 unspecified atom stereocenters. The Labute approximate surface area is 127 Å². The molecule has 1 aliphatic rings. The number of rotatable bonds is 4. The maximum absolute atomic E-state index is 12.5. The summed E-state index contributed by atoms with van der Waals surface area (Å²) in [4.78, 5) is 19.3. The number of furan rings is 1. The zero-order valence-electron chi connectivity index (χ0n) is 11.9. The Morgan fingerprint density at radius 2 is 2.48 bits per heavy atom. The van der Waals surface area contributed by atoms with Crippen molar-refractivity contribution in [1.29, 1.82) is 0 Å². The van der Waals surface area contributed by atoms with Gasteiger partial charge in [-0.05, 0) is 18.6 Å². The zero-order valence-corrected chi connectivity index (χ0v) is 12.8. The predicted molar refractivity (Wildman–Crippen MR) is 80.4 cm³/mol. The van der Waals surface area contributed by atoms with Crippen LogP contribution in [0, 0.1) is 0 Å². The molecule has 6 heteroatoms. The number of morpholine rings is 1. The molecule has 1 atom stereocenters. The summed E-state index contributed by atoms with van der Waals surface area (Å²) >= 11 is 1.37. The van der Waals surface area contributed by atoms with Crippen molar-refractivity contribution in [3.05, 3.63) is 29.5 Å². The van der Waals surface area contributed by atoms with Crippen LogP contribution in [0.5, 0.6) is 0 Å². The van der Waals surface area contributed by atoms with Crippen LogP contribution in [0.1, 0.15) is 29.4 Å². The molecule has 112 valence electrons. The van der Waals surface area contributed by atoms with Crippen LogP contribution in [0.25, 0.3) is 10.8 Å². The Bertz CT molecular complexity index is 592. The Morgan fingerprint density at radius 1 is 1.57 bits per heavy atom. The summed E-state index contributed by atoms with van der Waals surface area (Å²) in [6.07, 6.45) is 5.45. The highest BCUT2D eigenvalue weighted by Crippen LogP contribution is 2.26. The average Bonchev–Trinajstić information content (AvgIpc) is 3.18. The topological polar surface area (TPSA) is 55.6 Å². The fourth-order valence-electron chi connectivity index (χ4n) is 2.44. The molecule has 2 aromatic rings. The summed E-state index contributed by atoms with van der Waals surface area (Å²) in [6.45, 7) is 4.05. The molecular formula is C15H18N2O3S. The third-order valence-corrected chi connectivity index (χ3v) is 4.48. The Kier molecular flexibility index (Phi) is 4.36. The highest BCUT2D eigenvalue weighted by atomic mass is 32.1. The van der Waals surface area contributed by atoms with E-state index < -0.39 is 0 Å². The minimum Gasteiger partial charge on any atom is -0.462 e. The molecule has 0 saturated carbocycles. The van der Waals surface area contributed by atoms with Gasteiger partial charge < -0.3 is 14.1 Å². The van der Waals surface area contributed by atoms with E-state index in [2.05, 4.69) is 11.9 Å². The van der Waals surface area contributed by atoms with Crippen LogP contribution in [-0.2, 0) is 4.74 Å². The highest BCUT2D eigenvalue weighted by Gasteiger charge is 2.26. The summed E-state index contributed by atoms with van der Waals surface area (Å²) in [7, 11) is 0. The van der Waals surface area contributed by atoms with Gasteiger partial charge in [-0.3, -0.25) is 4.79 Å². The molecule has 1 saturated heterocycles. The quantitative estimate of drug-likeness (QED) is 0.871. The molecule has 3 heterocycles. The van der Waals surface area contributed by atoms with Gasteiger partial charge in [-0.2, -0.15) is 0 Å². The number of thiazole rings is 1. The molecule has 1 fully saturated rings. The van der Waals surface area contributed by atoms with E-state index in [1.54, 1.807) is 12.5 Å². The van der Waals surface area contributed by atoms with E-state index in [-0.39, 0.29) is 12.0 Å². The summed E-state index contributed by atoms with van der Waals surface area (Å²) in [5, 5.41) is 0.738. The van der Waals surface area contributed by atoms with Crippen LogP contribution in [0.4, 0.5) is 0 Å². The molecule has 0 bridgehead atoms. The normalized spacial score (nSPS) is 18.9. The highest BCUT2D eigenvalue weighted by molar-refractivity contribution is 7.16. The molecule has 0 aromatic carbocycles. The standard InChI is InChI=1S/C15H18N2O3S/c1-2-4-11-10-17(6-8-19-11)15(18)13-9-16-14(21-13)12-5-3-7-20-12/h3,5,7,9,11H,2,4,6,8,10H2,1H3. The van der Waals surface area contributed by atoms with Gasteiger partial charge in [0.05, 0.1) is 25.2 Å². The number of aromatic nitrogens is 1. The molecule has 1 aliphatic heterocycles. The first-order chi connectivity index (χ1) is 10.3. The van der Waals surface area contributed by atoms with Crippen molar-refractivity contribution in [3.63, 3.8) is 0 Å². The predicted octanol–water partition coefficient (Wildman–Crippen LogP) is 3.04. The van der Waals surface area contributed by atoms with Crippen molar-refractivity contribution in [3.8, 4) is 10.8 Å². The van der Waals surface area contributed by atoms with Crippen molar-refractivity contribution in [2.75, 3.05) is 19.7 Å². The summed E-state index contributed by atoms with van der Waals surface area (Å²) in [5.74, 6) is 0.736. The zero-order chi connectivity index (χ0) is 14.7. The smallest absolute Gasteiger partial charge is 0.265 e. The number of hydrogen-bond acceptors (Lipinski definition) is 5. The van der Waals surface area contributed by atoms with E-state index in [0.29, 0.717) is 30.3 Å². The minimum atomic E-state index is 0.0368. The number of carbonyl (C=O) groups excluding carboxylic acids is 1. The van der Waals surface area contributed by atoms with Crippen LogP contribution in [0.3, 0.4) is 0 Å². The molecule has 0 N–H and O–H groups in total. The first-order valence-electron chi connectivity index (χ1n) is 7.18. The Balaban J connectivity index is 1.70. The van der Waals surface area contributed by atoms with Crippen LogP contribution in [0.15, 0.2) is 29.0 Å². The Hall–Kier alpha value is -1.66. The number of amides is 1. The molecule has 2 aromatic heterocycles. The lowest BCUT2D eigenvalue weighted by molar-refractivity contribution is -0.0248. The lowest BCUT2D eigenvalue weighted by Gasteiger charge is -2.32. The molecule has 0 spiro atoms. The van der Waals surface area contributed by atoms with Gasteiger partial charge >= 0.3 is 0 Å². The third-order valence-electron chi connectivity index (χ3n) is 3.49. The molecular weight excluding hydrogens is 288 g/mol. The van der Waals surface area contributed by atoms with Crippen LogP contribution in [0.2, 0.25) is 0 Å². The fourth-order valence-corrected chi connectivity index (χ4v) is 3.30. The number of ether oxygens (including phenoxy) is 1. The minimum absolute atomic E-state index is 0.0368. The van der Waals surface area contributed by atoms with Gasteiger partial charge in [-0.15, -0.1) is 11.3 Å². The van der Waals surface area contributed by atoms with Crippen molar-refractivity contribution >= 4 is 17.2 Å². The van der Waals surface area contributed by atoms with Gasteiger partial charge in [-0.1, -0.05) is 13.3 Å². The first kappa shape index (κ1) is 14.3. The van der Waals surface area contributed by atoms with Gasteiger partial charge in [0.25, 0.3) is 5.91 Å². The second kappa shape index (κ2) is 6.41. The lowest BCUT2D eigenvalue weighted by Crippen LogP contribution is -2.45. The van der Waals surface area contributed by atoms with Gasteiger partial charge in [0.15, 0.2) is 10.8 Å². The van der Waals surface area contributed by atoms with Crippen molar-refractivity contribution in [2.24, 2.45) is 0 Å².